The van der Waals surface area contributed by atoms with E-state index in [2.05, 4.69) is 20.9 Å². The predicted molar refractivity (Wildman–Crippen MR) is 141 cm³/mol. The molecule has 1 aromatic carbocycles. The van der Waals surface area contributed by atoms with E-state index in [4.69, 9.17) is 5.73 Å². The number of hydrogen-bond donors (Lipinski definition) is 1. The molecule has 1 aliphatic heterocycles. The summed E-state index contributed by atoms with van der Waals surface area (Å²) in [7, 11) is -0.0984. The third kappa shape index (κ3) is 5.36. The molecular weight excluding hydrogens is 494 g/mol. The number of sulfonamides is 1. The van der Waals surface area contributed by atoms with Gasteiger partial charge in [0.25, 0.3) is 10.0 Å². The average Bonchev–Trinajstić information content (AvgIpc) is 3.30. The summed E-state index contributed by atoms with van der Waals surface area (Å²) in [6.07, 6.45) is 3.50. The molecule has 11 heteroatoms. The first kappa shape index (κ1) is 25.6. The second kappa shape index (κ2) is 10.7. The number of aromatic nitrogens is 2. The first-order chi connectivity index (χ1) is 17.2. The van der Waals surface area contributed by atoms with Crippen LogP contribution in [0, 0.1) is 18.3 Å². The van der Waals surface area contributed by atoms with Gasteiger partial charge in [-0.05, 0) is 49.2 Å². The Balaban J connectivity index is 1.79. The van der Waals surface area contributed by atoms with E-state index >= 15 is 0 Å². The van der Waals surface area contributed by atoms with E-state index in [0.29, 0.717) is 30.8 Å². The van der Waals surface area contributed by atoms with E-state index in [1.807, 2.05) is 43.4 Å². The van der Waals surface area contributed by atoms with Crippen LogP contribution in [0.4, 0.5) is 5.69 Å². The summed E-state index contributed by atoms with van der Waals surface area (Å²) in [4.78, 5) is 12.7. The number of likely N-dealkylation sites (N-methyl/N-ethyl adjacent to an activating group) is 1. The number of pyridine rings is 1. The van der Waals surface area contributed by atoms with Crippen LogP contribution in [-0.2, 0) is 23.0 Å². The second-order valence-corrected chi connectivity index (χ2v) is 11.7. The molecule has 0 spiro atoms. The van der Waals surface area contributed by atoms with Crippen LogP contribution in [0.3, 0.4) is 0 Å². The number of hydrogen-bond acceptors (Lipinski definition) is 9. The zero-order valence-electron chi connectivity index (χ0n) is 20.5. The van der Waals surface area contributed by atoms with Gasteiger partial charge in [0, 0.05) is 55.8 Å². The molecule has 1 atom stereocenters. The number of nitriles is 1. The lowest BCUT2D eigenvalue weighted by atomic mass is 9.95. The van der Waals surface area contributed by atoms with Gasteiger partial charge in [0.15, 0.2) is 5.03 Å². The number of benzene rings is 1. The van der Waals surface area contributed by atoms with Crippen molar-refractivity contribution < 1.29 is 8.42 Å². The molecular formula is C25H29N7O2S2. The number of nitrogens with two attached hydrogens (primary N) is 1. The third-order valence-electron chi connectivity index (χ3n) is 6.16. The number of rotatable bonds is 8. The minimum absolute atomic E-state index is 0.00379. The molecule has 1 aliphatic rings. The van der Waals surface area contributed by atoms with Crippen LogP contribution >= 0.6 is 11.3 Å². The monoisotopic (exact) mass is 523 g/mol. The molecule has 0 bridgehead atoms. The second-order valence-electron chi connectivity index (χ2n) is 8.82. The van der Waals surface area contributed by atoms with Gasteiger partial charge in [0.05, 0.1) is 35.4 Å². The molecule has 2 N–H and O–H groups in total. The lowest BCUT2D eigenvalue weighted by molar-refractivity contribution is 0.300. The Bertz CT molecular complexity index is 1400. The molecule has 0 saturated heterocycles. The maximum absolute atomic E-state index is 13.9. The van der Waals surface area contributed by atoms with Crippen LogP contribution in [0.25, 0.3) is 0 Å². The van der Waals surface area contributed by atoms with Gasteiger partial charge in [-0.1, -0.05) is 6.07 Å². The number of fused-ring (bicyclic) bond motifs is 1. The van der Waals surface area contributed by atoms with Gasteiger partial charge in [0.2, 0.25) is 0 Å². The maximum atomic E-state index is 13.9. The summed E-state index contributed by atoms with van der Waals surface area (Å²) in [5, 5.41) is 12.3. The van der Waals surface area contributed by atoms with Gasteiger partial charge in [-0.15, -0.1) is 11.3 Å². The van der Waals surface area contributed by atoms with Crippen molar-refractivity contribution in [3.63, 3.8) is 0 Å². The summed E-state index contributed by atoms with van der Waals surface area (Å²) < 4.78 is 29.3. The zero-order chi connectivity index (χ0) is 25.9. The zero-order valence-corrected chi connectivity index (χ0v) is 22.1. The van der Waals surface area contributed by atoms with Crippen LogP contribution in [0.1, 0.15) is 21.8 Å². The average molecular weight is 524 g/mol. The van der Waals surface area contributed by atoms with Crippen molar-refractivity contribution in [3.05, 3.63) is 81.7 Å². The van der Waals surface area contributed by atoms with Gasteiger partial charge < -0.3 is 15.5 Å². The van der Waals surface area contributed by atoms with Gasteiger partial charge >= 0.3 is 0 Å². The Morgan fingerprint density at radius 2 is 2.14 bits per heavy atom. The number of thiazole rings is 1. The molecule has 36 heavy (non-hydrogen) atoms. The highest BCUT2D eigenvalue weighted by Gasteiger charge is 2.37. The molecule has 3 heterocycles. The Labute approximate surface area is 216 Å². The van der Waals surface area contributed by atoms with E-state index in [0.717, 1.165) is 22.0 Å². The molecule has 3 aromatic rings. The quantitative estimate of drug-likeness (QED) is 0.479. The summed E-state index contributed by atoms with van der Waals surface area (Å²) in [6.45, 7) is 2.96. The molecule has 4 rings (SSSR count). The van der Waals surface area contributed by atoms with Crippen molar-refractivity contribution >= 4 is 27.0 Å². The van der Waals surface area contributed by atoms with Crippen LogP contribution in [0.5, 0.6) is 0 Å². The lowest BCUT2D eigenvalue weighted by Crippen LogP contribution is -2.51. The van der Waals surface area contributed by atoms with E-state index in [1.165, 1.54) is 27.9 Å². The first-order valence-electron chi connectivity index (χ1n) is 11.4. The van der Waals surface area contributed by atoms with E-state index < -0.39 is 16.1 Å². The van der Waals surface area contributed by atoms with Crippen molar-refractivity contribution in [2.45, 2.75) is 31.0 Å². The third-order valence-corrected chi connectivity index (χ3v) is 8.80. The Morgan fingerprint density at radius 1 is 1.33 bits per heavy atom. The van der Waals surface area contributed by atoms with Crippen LogP contribution in [0.15, 0.2) is 64.9 Å². The fourth-order valence-corrected chi connectivity index (χ4v) is 6.47. The van der Waals surface area contributed by atoms with E-state index in [9.17, 15) is 13.7 Å². The Kier molecular flexibility index (Phi) is 7.59. The number of nitrogens with zero attached hydrogens (tertiary/aromatic N) is 6. The van der Waals surface area contributed by atoms with Crippen LogP contribution < -0.4 is 10.6 Å². The number of anilines is 1. The molecule has 188 valence electrons. The summed E-state index contributed by atoms with van der Waals surface area (Å²) in [5.74, 6) is 0. The van der Waals surface area contributed by atoms with E-state index in [-0.39, 0.29) is 11.6 Å². The Morgan fingerprint density at radius 3 is 2.75 bits per heavy atom. The van der Waals surface area contributed by atoms with Crippen LogP contribution in [0.2, 0.25) is 0 Å². The van der Waals surface area contributed by atoms with Crippen LogP contribution in [-0.4, -0.2) is 60.8 Å². The van der Waals surface area contributed by atoms with Crippen molar-refractivity contribution in [2.75, 3.05) is 32.1 Å². The Hall–Kier alpha value is -3.46. The summed E-state index contributed by atoms with van der Waals surface area (Å²) >= 11 is 1.49. The lowest BCUT2D eigenvalue weighted by Gasteiger charge is -2.41. The van der Waals surface area contributed by atoms with Crippen molar-refractivity contribution in [3.8, 4) is 6.07 Å². The van der Waals surface area contributed by atoms with Crippen molar-refractivity contribution in [1.82, 2.24) is 19.2 Å². The maximum Gasteiger partial charge on any atom is 0.261 e. The van der Waals surface area contributed by atoms with Gasteiger partial charge in [0.1, 0.15) is 0 Å². The van der Waals surface area contributed by atoms with Crippen molar-refractivity contribution in [2.24, 2.45) is 5.73 Å². The minimum atomic E-state index is -3.94. The highest BCUT2D eigenvalue weighted by molar-refractivity contribution is 7.89. The fraction of sp³-hybridized carbons (Fsp3) is 0.320. The van der Waals surface area contributed by atoms with Gasteiger partial charge in [-0.25, -0.2) is 18.4 Å². The first-order valence-corrected chi connectivity index (χ1v) is 13.7. The highest BCUT2D eigenvalue weighted by atomic mass is 32.2. The molecule has 9 nitrogen and oxygen atoms in total. The SMILES string of the molecule is Cc1nc(CN(C2Cc3cc(C#N)ccc3N(C/C(=C/N)N(C)C)C2)S(=O)(=O)c2ccccn2)cs1. The molecule has 0 saturated carbocycles. The fourth-order valence-electron chi connectivity index (χ4n) is 4.35. The topological polar surface area (TPSA) is 119 Å². The molecule has 2 aromatic heterocycles. The predicted octanol–water partition coefficient (Wildman–Crippen LogP) is 2.70. The minimum Gasteiger partial charge on any atom is -0.403 e. The molecule has 0 aliphatic carbocycles. The number of aryl methyl sites for hydroxylation is 1. The van der Waals surface area contributed by atoms with E-state index in [1.54, 1.807) is 24.4 Å². The van der Waals surface area contributed by atoms with Crippen molar-refractivity contribution in [1.29, 1.82) is 5.26 Å². The molecule has 0 radical (unpaired) electrons. The largest absolute Gasteiger partial charge is 0.403 e. The summed E-state index contributed by atoms with van der Waals surface area (Å²) in [6, 6.07) is 12.2. The van der Waals surface area contributed by atoms with Gasteiger partial charge in [-0.3, -0.25) is 0 Å². The summed E-state index contributed by atoms with van der Waals surface area (Å²) in [5.41, 5.74) is 9.90. The molecule has 0 amide bonds. The smallest absolute Gasteiger partial charge is 0.261 e. The molecule has 1 unspecified atom stereocenters. The van der Waals surface area contributed by atoms with Gasteiger partial charge in [-0.2, -0.15) is 9.57 Å². The standard InChI is InChI=1S/C25H29N7O2S2/c1-18-29-21(17-35-18)14-32(36(33,34)25-6-4-5-9-28-25)22-11-20-10-19(12-26)7-8-24(20)31(15-22)16-23(13-27)30(2)3/h4-10,13,17,22H,11,14-16,27H2,1-3H3/b23-13-. The normalized spacial score (nSPS) is 16.0. The molecule has 0 fully saturated rings. The highest BCUT2D eigenvalue weighted by Crippen LogP contribution is 2.33.